The zero-order chi connectivity index (χ0) is 12.5. The molecule has 1 fully saturated rings. The predicted molar refractivity (Wildman–Crippen MR) is 69.5 cm³/mol. The van der Waals surface area contributed by atoms with Gasteiger partial charge in [0.25, 0.3) is 0 Å². The summed E-state index contributed by atoms with van der Waals surface area (Å²) in [6, 6.07) is 10.1. The average molecular weight is 241 g/mol. The molecule has 0 spiro atoms. The number of carbonyl (C=O) groups is 1. The van der Waals surface area contributed by atoms with E-state index >= 15 is 0 Å². The second-order valence-corrected chi connectivity index (χ2v) is 4.94. The molecule has 0 aliphatic heterocycles. The molecule has 18 heavy (non-hydrogen) atoms. The van der Waals surface area contributed by atoms with E-state index in [0.717, 1.165) is 35.7 Å². The van der Waals surface area contributed by atoms with Crippen LogP contribution in [0.15, 0.2) is 36.5 Å². The molecule has 1 aliphatic carbocycles. The zero-order valence-electron chi connectivity index (χ0n) is 10.0. The lowest BCUT2D eigenvalue weighted by molar-refractivity contribution is -0.142. The van der Waals surface area contributed by atoms with Crippen molar-refractivity contribution in [3.05, 3.63) is 42.1 Å². The molecule has 0 saturated heterocycles. The lowest BCUT2D eigenvalue weighted by Gasteiger charge is -2.16. The molecule has 1 N–H and O–H groups in total. The summed E-state index contributed by atoms with van der Waals surface area (Å²) in [4.78, 5) is 15.6. The van der Waals surface area contributed by atoms with Crippen molar-refractivity contribution in [1.29, 1.82) is 0 Å². The standard InChI is InChI=1S/C15H15NO2/c17-15(18)13-5-1-4-12(13)11-7-6-10-3-2-8-16-14(10)9-11/h2-3,6-9,12-13H,1,4-5H2,(H,17,18). The Kier molecular flexibility index (Phi) is 2.74. The van der Waals surface area contributed by atoms with Gasteiger partial charge in [0.2, 0.25) is 0 Å². The highest BCUT2D eigenvalue weighted by Gasteiger charge is 2.33. The van der Waals surface area contributed by atoms with Gasteiger partial charge in [0.1, 0.15) is 0 Å². The van der Waals surface area contributed by atoms with Gasteiger partial charge >= 0.3 is 5.97 Å². The highest BCUT2D eigenvalue weighted by molar-refractivity contribution is 5.79. The summed E-state index contributed by atoms with van der Waals surface area (Å²) in [5.74, 6) is -0.751. The van der Waals surface area contributed by atoms with Gasteiger partial charge in [-0.05, 0) is 36.5 Å². The van der Waals surface area contributed by atoms with E-state index in [1.165, 1.54) is 0 Å². The first-order valence-corrected chi connectivity index (χ1v) is 6.33. The molecule has 0 amide bonds. The summed E-state index contributed by atoms with van der Waals surface area (Å²) in [5, 5.41) is 10.3. The molecule has 1 aliphatic rings. The van der Waals surface area contributed by atoms with E-state index in [4.69, 9.17) is 0 Å². The molecule has 2 atom stereocenters. The van der Waals surface area contributed by atoms with Crippen LogP contribution in [0.25, 0.3) is 10.9 Å². The molecule has 2 aromatic rings. The Morgan fingerprint density at radius 1 is 1.28 bits per heavy atom. The average Bonchev–Trinajstić information content (AvgIpc) is 2.87. The van der Waals surface area contributed by atoms with Crippen molar-refractivity contribution in [2.45, 2.75) is 25.2 Å². The third-order valence-electron chi connectivity index (χ3n) is 3.89. The quantitative estimate of drug-likeness (QED) is 0.878. The van der Waals surface area contributed by atoms with Crippen molar-refractivity contribution < 1.29 is 9.90 Å². The number of carboxylic acids is 1. The number of nitrogens with zero attached hydrogens (tertiary/aromatic N) is 1. The van der Waals surface area contributed by atoms with Crippen LogP contribution >= 0.6 is 0 Å². The van der Waals surface area contributed by atoms with Gasteiger partial charge in [0, 0.05) is 11.6 Å². The first-order valence-electron chi connectivity index (χ1n) is 6.33. The van der Waals surface area contributed by atoms with Crippen molar-refractivity contribution in [3.8, 4) is 0 Å². The first kappa shape index (κ1) is 11.2. The first-order chi connectivity index (χ1) is 8.75. The van der Waals surface area contributed by atoms with Gasteiger partial charge in [-0.25, -0.2) is 0 Å². The zero-order valence-corrected chi connectivity index (χ0v) is 10.0. The molecular weight excluding hydrogens is 226 g/mol. The van der Waals surface area contributed by atoms with Gasteiger partial charge in [0.15, 0.2) is 0 Å². The Balaban J connectivity index is 2.01. The molecular formula is C15H15NO2. The number of rotatable bonds is 2. The van der Waals surface area contributed by atoms with E-state index in [0.29, 0.717) is 0 Å². The topological polar surface area (TPSA) is 50.2 Å². The lowest BCUT2D eigenvalue weighted by atomic mass is 9.88. The molecule has 3 nitrogen and oxygen atoms in total. The van der Waals surface area contributed by atoms with Crippen LogP contribution in [0.2, 0.25) is 0 Å². The third-order valence-corrected chi connectivity index (χ3v) is 3.89. The second-order valence-electron chi connectivity index (χ2n) is 4.94. The smallest absolute Gasteiger partial charge is 0.307 e. The van der Waals surface area contributed by atoms with Gasteiger partial charge in [-0.3, -0.25) is 9.78 Å². The van der Waals surface area contributed by atoms with E-state index in [9.17, 15) is 9.90 Å². The highest BCUT2D eigenvalue weighted by atomic mass is 16.4. The van der Waals surface area contributed by atoms with Crippen LogP contribution in [0.5, 0.6) is 0 Å². The maximum atomic E-state index is 11.2. The van der Waals surface area contributed by atoms with E-state index in [2.05, 4.69) is 11.1 Å². The van der Waals surface area contributed by atoms with Gasteiger partial charge < -0.3 is 5.11 Å². The van der Waals surface area contributed by atoms with Crippen LogP contribution in [0, 0.1) is 5.92 Å². The minimum absolute atomic E-state index is 0.147. The minimum atomic E-state index is -0.668. The van der Waals surface area contributed by atoms with E-state index in [1.807, 2.05) is 24.3 Å². The molecule has 0 bridgehead atoms. The molecule has 3 rings (SSSR count). The van der Waals surface area contributed by atoms with E-state index in [-0.39, 0.29) is 11.8 Å². The number of hydrogen-bond donors (Lipinski definition) is 1. The lowest BCUT2D eigenvalue weighted by Crippen LogP contribution is -2.16. The maximum Gasteiger partial charge on any atom is 0.307 e. The molecule has 1 heterocycles. The fourth-order valence-electron chi connectivity index (χ4n) is 2.97. The molecule has 1 aromatic carbocycles. The van der Waals surface area contributed by atoms with E-state index < -0.39 is 5.97 Å². The van der Waals surface area contributed by atoms with Crippen LogP contribution in [0.3, 0.4) is 0 Å². The minimum Gasteiger partial charge on any atom is -0.481 e. The van der Waals surface area contributed by atoms with Gasteiger partial charge in [-0.2, -0.15) is 0 Å². The summed E-state index contributed by atoms with van der Waals surface area (Å²) >= 11 is 0. The Morgan fingerprint density at radius 3 is 3.00 bits per heavy atom. The number of pyridine rings is 1. The molecule has 3 heteroatoms. The van der Waals surface area contributed by atoms with Gasteiger partial charge in [0.05, 0.1) is 11.4 Å². The monoisotopic (exact) mass is 241 g/mol. The van der Waals surface area contributed by atoms with E-state index in [1.54, 1.807) is 6.20 Å². The van der Waals surface area contributed by atoms with Crippen molar-refractivity contribution in [2.24, 2.45) is 5.92 Å². The summed E-state index contributed by atoms with van der Waals surface area (Å²) in [5.41, 5.74) is 2.07. The Bertz CT molecular complexity index is 594. The number of hydrogen-bond acceptors (Lipinski definition) is 2. The van der Waals surface area contributed by atoms with Crippen LogP contribution in [-0.2, 0) is 4.79 Å². The number of aliphatic carboxylic acids is 1. The maximum absolute atomic E-state index is 11.2. The van der Waals surface area contributed by atoms with Crippen LogP contribution in [-0.4, -0.2) is 16.1 Å². The van der Waals surface area contributed by atoms with Crippen LogP contribution in [0.4, 0.5) is 0 Å². The largest absolute Gasteiger partial charge is 0.481 e. The number of carboxylic acid groups (broad SMARTS) is 1. The van der Waals surface area contributed by atoms with Crippen molar-refractivity contribution >= 4 is 16.9 Å². The van der Waals surface area contributed by atoms with Gasteiger partial charge in [-0.15, -0.1) is 0 Å². The molecule has 0 radical (unpaired) electrons. The SMILES string of the molecule is O=C(O)C1CCCC1c1ccc2cccnc2c1. The second kappa shape index (κ2) is 4.41. The summed E-state index contributed by atoms with van der Waals surface area (Å²) in [6.07, 6.45) is 4.53. The van der Waals surface area contributed by atoms with Crippen molar-refractivity contribution in [3.63, 3.8) is 0 Å². The van der Waals surface area contributed by atoms with Crippen LogP contribution in [0.1, 0.15) is 30.7 Å². The number of aromatic nitrogens is 1. The van der Waals surface area contributed by atoms with Crippen LogP contribution < -0.4 is 0 Å². The third kappa shape index (κ3) is 1.86. The van der Waals surface area contributed by atoms with Gasteiger partial charge in [-0.1, -0.05) is 24.6 Å². The highest BCUT2D eigenvalue weighted by Crippen LogP contribution is 2.40. The summed E-state index contributed by atoms with van der Waals surface area (Å²) in [6.45, 7) is 0. The molecule has 1 saturated carbocycles. The predicted octanol–water partition coefficient (Wildman–Crippen LogP) is 3.20. The molecule has 92 valence electrons. The molecule has 1 aromatic heterocycles. The Morgan fingerprint density at radius 2 is 2.17 bits per heavy atom. The normalized spacial score (nSPS) is 23.3. The fourth-order valence-corrected chi connectivity index (χ4v) is 2.97. The summed E-state index contributed by atoms with van der Waals surface area (Å²) in [7, 11) is 0. The number of fused-ring (bicyclic) bond motifs is 1. The Labute approximate surface area is 105 Å². The fraction of sp³-hybridized carbons (Fsp3) is 0.333. The Hall–Kier alpha value is -1.90. The molecule has 2 unspecified atom stereocenters. The van der Waals surface area contributed by atoms with Crippen molar-refractivity contribution in [1.82, 2.24) is 4.98 Å². The number of benzene rings is 1. The van der Waals surface area contributed by atoms with Crippen molar-refractivity contribution in [2.75, 3.05) is 0 Å². The summed E-state index contributed by atoms with van der Waals surface area (Å²) < 4.78 is 0.